The van der Waals surface area contributed by atoms with E-state index < -0.39 is 0 Å². The zero-order valence-electron chi connectivity index (χ0n) is 7.31. The maximum Gasteiger partial charge on any atom is 0.0298 e. The van der Waals surface area contributed by atoms with Gasteiger partial charge in [-0.25, -0.2) is 0 Å². The standard InChI is InChI=1S/C8H18N2/c1-7(2)10-6-5-8(3,4)9/h5-7,10H,9H2,1-4H3/b6-5-. The zero-order chi connectivity index (χ0) is 8.20. The van der Waals surface area contributed by atoms with Gasteiger partial charge in [-0.15, -0.1) is 0 Å². The molecule has 0 atom stereocenters. The van der Waals surface area contributed by atoms with E-state index in [1.807, 2.05) is 26.1 Å². The van der Waals surface area contributed by atoms with E-state index in [9.17, 15) is 0 Å². The summed E-state index contributed by atoms with van der Waals surface area (Å²) in [5.74, 6) is 0. The summed E-state index contributed by atoms with van der Waals surface area (Å²) in [6.07, 6.45) is 3.86. The highest BCUT2D eigenvalue weighted by Crippen LogP contribution is 1.96. The molecule has 0 aliphatic heterocycles. The van der Waals surface area contributed by atoms with Crippen molar-refractivity contribution in [3.05, 3.63) is 12.3 Å². The molecule has 0 aliphatic carbocycles. The molecule has 0 saturated carbocycles. The molecule has 10 heavy (non-hydrogen) atoms. The molecule has 0 rings (SSSR count). The SMILES string of the molecule is CC(C)N/C=C\C(C)(C)N. The van der Waals surface area contributed by atoms with Crippen molar-refractivity contribution in [3.63, 3.8) is 0 Å². The highest BCUT2D eigenvalue weighted by Gasteiger charge is 2.02. The van der Waals surface area contributed by atoms with E-state index >= 15 is 0 Å². The number of rotatable bonds is 3. The molecular weight excluding hydrogens is 124 g/mol. The van der Waals surface area contributed by atoms with Gasteiger partial charge in [-0.05, 0) is 40.0 Å². The lowest BCUT2D eigenvalue weighted by atomic mass is 10.1. The number of hydrogen-bond donors (Lipinski definition) is 2. The largest absolute Gasteiger partial charge is 0.389 e. The van der Waals surface area contributed by atoms with E-state index in [4.69, 9.17) is 5.73 Å². The molecule has 3 N–H and O–H groups in total. The van der Waals surface area contributed by atoms with Crippen LogP contribution < -0.4 is 11.1 Å². The Morgan fingerprint density at radius 3 is 2.20 bits per heavy atom. The molecule has 0 amide bonds. The fourth-order valence-electron chi connectivity index (χ4n) is 0.455. The van der Waals surface area contributed by atoms with Gasteiger partial charge in [-0.3, -0.25) is 0 Å². The Hall–Kier alpha value is -0.500. The molecule has 0 spiro atoms. The smallest absolute Gasteiger partial charge is 0.0298 e. The van der Waals surface area contributed by atoms with Crippen LogP contribution in [0.4, 0.5) is 0 Å². The molecule has 0 aromatic rings. The predicted octanol–water partition coefficient (Wildman–Crippen LogP) is 1.24. The van der Waals surface area contributed by atoms with Crippen molar-refractivity contribution < 1.29 is 0 Å². The molecule has 0 bridgehead atoms. The molecule has 0 aromatic carbocycles. The predicted molar refractivity (Wildman–Crippen MR) is 45.7 cm³/mol. The van der Waals surface area contributed by atoms with E-state index in [0.29, 0.717) is 6.04 Å². The monoisotopic (exact) mass is 142 g/mol. The lowest BCUT2D eigenvalue weighted by molar-refractivity contribution is 0.636. The Kier molecular flexibility index (Phi) is 3.43. The molecule has 2 nitrogen and oxygen atoms in total. The minimum absolute atomic E-state index is 0.206. The Bertz CT molecular complexity index is 109. The van der Waals surface area contributed by atoms with Crippen molar-refractivity contribution in [1.82, 2.24) is 5.32 Å². The first-order valence-corrected chi connectivity index (χ1v) is 3.64. The summed E-state index contributed by atoms with van der Waals surface area (Å²) in [6, 6.07) is 0.485. The van der Waals surface area contributed by atoms with Gasteiger partial charge in [0, 0.05) is 11.6 Å². The van der Waals surface area contributed by atoms with Crippen LogP contribution in [0.2, 0.25) is 0 Å². The van der Waals surface area contributed by atoms with Crippen molar-refractivity contribution >= 4 is 0 Å². The summed E-state index contributed by atoms with van der Waals surface area (Å²) >= 11 is 0. The third-order valence-corrected chi connectivity index (χ3v) is 0.942. The van der Waals surface area contributed by atoms with Crippen molar-refractivity contribution in [2.75, 3.05) is 0 Å². The highest BCUT2D eigenvalue weighted by atomic mass is 14.9. The Labute approximate surface area is 63.5 Å². The first-order chi connectivity index (χ1) is 4.42. The molecule has 0 aromatic heterocycles. The van der Waals surface area contributed by atoms with Crippen LogP contribution in [0, 0.1) is 0 Å². The third-order valence-electron chi connectivity index (χ3n) is 0.942. The minimum atomic E-state index is -0.206. The van der Waals surface area contributed by atoms with E-state index in [-0.39, 0.29) is 5.54 Å². The summed E-state index contributed by atoms with van der Waals surface area (Å²) in [7, 11) is 0. The Morgan fingerprint density at radius 1 is 1.40 bits per heavy atom. The number of nitrogens with two attached hydrogens (primary N) is 1. The average Bonchev–Trinajstić information content (AvgIpc) is 1.59. The van der Waals surface area contributed by atoms with E-state index in [0.717, 1.165) is 0 Å². The van der Waals surface area contributed by atoms with Gasteiger partial charge in [0.1, 0.15) is 0 Å². The first-order valence-electron chi connectivity index (χ1n) is 3.64. The van der Waals surface area contributed by atoms with Crippen molar-refractivity contribution in [2.24, 2.45) is 5.73 Å². The molecule has 2 heteroatoms. The normalized spacial score (nSPS) is 13.0. The molecule has 0 aliphatic rings. The fourth-order valence-corrected chi connectivity index (χ4v) is 0.455. The van der Waals surface area contributed by atoms with Gasteiger partial charge < -0.3 is 11.1 Å². The highest BCUT2D eigenvalue weighted by molar-refractivity contribution is 4.97. The van der Waals surface area contributed by atoms with Crippen molar-refractivity contribution in [1.29, 1.82) is 0 Å². The summed E-state index contributed by atoms with van der Waals surface area (Å²) in [6.45, 7) is 8.11. The van der Waals surface area contributed by atoms with Crippen LogP contribution >= 0.6 is 0 Å². The average molecular weight is 142 g/mol. The topological polar surface area (TPSA) is 38.0 Å². The van der Waals surface area contributed by atoms with Crippen LogP contribution in [-0.2, 0) is 0 Å². The Morgan fingerprint density at radius 2 is 1.90 bits per heavy atom. The molecular formula is C8H18N2. The zero-order valence-corrected chi connectivity index (χ0v) is 7.31. The number of hydrogen-bond acceptors (Lipinski definition) is 2. The molecule has 0 radical (unpaired) electrons. The van der Waals surface area contributed by atoms with Crippen LogP contribution in [0.1, 0.15) is 27.7 Å². The van der Waals surface area contributed by atoms with Gasteiger partial charge in [0.25, 0.3) is 0 Å². The second-order valence-corrected chi connectivity index (χ2v) is 3.48. The second-order valence-electron chi connectivity index (χ2n) is 3.48. The summed E-state index contributed by atoms with van der Waals surface area (Å²) in [5.41, 5.74) is 5.49. The van der Waals surface area contributed by atoms with Gasteiger partial charge >= 0.3 is 0 Å². The van der Waals surface area contributed by atoms with Crippen molar-refractivity contribution in [3.8, 4) is 0 Å². The first kappa shape index (κ1) is 9.50. The van der Waals surface area contributed by atoms with Crippen LogP contribution in [0.5, 0.6) is 0 Å². The molecule has 0 heterocycles. The van der Waals surface area contributed by atoms with Crippen molar-refractivity contribution in [2.45, 2.75) is 39.3 Å². The number of nitrogens with one attached hydrogen (secondary N) is 1. The van der Waals surface area contributed by atoms with Gasteiger partial charge in [-0.2, -0.15) is 0 Å². The Balaban J connectivity index is 3.57. The van der Waals surface area contributed by atoms with E-state index in [1.165, 1.54) is 0 Å². The van der Waals surface area contributed by atoms with E-state index in [1.54, 1.807) is 0 Å². The molecule has 0 unspecified atom stereocenters. The molecule has 0 fully saturated rings. The van der Waals surface area contributed by atoms with Crippen LogP contribution in [-0.4, -0.2) is 11.6 Å². The lowest BCUT2D eigenvalue weighted by Gasteiger charge is -2.12. The summed E-state index contributed by atoms with van der Waals surface area (Å²) in [4.78, 5) is 0. The molecule has 0 saturated heterocycles. The van der Waals surface area contributed by atoms with Crippen LogP contribution in [0.15, 0.2) is 12.3 Å². The maximum absolute atomic E-state index is 5.69. The summed E-state index contributed by atoms with van der Waals surface area (Å²) in [5, 5.41) is 3.14. The second kappa shape index (κ2) is 3.62. The van der Waals surface area contributed by atoms with Gasteiger partial charge in [0.2, 0.25) is 0 Å². The van der Waals surface area contributed by atoms with Gasteiger partial charge in [-0.1, -0.05) is 0 Å². The third kappa shape index (κ3) is 7.50. The fraction of sp³-hybridized carbons (Fsp3) is 0.750. The van der Waals surface area contributed by atoms with Gasteiger partial charge in [0.05, 0.1) is 0 Å². The molecule has 60 valence electrons. The van der Waals surface area contributed by atoms with Gasteiger partial charge in [0.15, 0.2) is 0 Å². The lowest BCUT2D eigenvalue weighted by Crippen LogP contribution is -2.30. The van der Waals surface area contributed by atoms with Crippen LogP contribution in [0.25, 0.3) is 0 Å². The van der Waals surface area contributed by atoms with E-state index in [2.05, 4.69) is 19.2 Å². The summed E-state index contributed by atoms with van der Waals surface area (Å²) < 4.78 is 0. The maximum atomic E-state index is 5.69. The van der Waals surface area contributed by atoms with Crippen LogP contribution in [0.3, 0.4) is 0 Å². The quantitative estimate of drug-likeness (QED) is 0.622. The minimum Gasteiger partial charge on any atom is -0.389 e.